The van der Waals surface area contributed by atoms with Crippen LogP contribution in [-0.4, -0.2) is 4.98 Å². The number of nitrogens with two attached hydrogens (primary N) is 1. The van der Waals surface area contributed by atoms with Gasteiger partial charge in [-0.3, -0.25) is 0 Å². The lowest BCUT2D eigenvalue weighted by Crippen LogP contribution is -1.99. The van der Waals surface area contributed by atoms with Gasteiger partial charge in [-0.25, -0.2) is 4.98 Å². The molecule has 0 radical (unpaired) electrons. The molecule has 0 saturated carbocycles. The second kappa shape index (κ2) is 5.67. The third-order valence-electron chi connectivity index (χ3n) is 3.47. The molecule has 3 rings (SSSR count). The Morgan fingerprint density at radius 3 is 2.35 bits per heavy atom. The molecule has 2 aromatic heterocycles. The molecule has 0 aliphatic carbocycles. The number of hydrogen-bond acceptors (Lipinski definition) is 5. The lowest BCUT2D eigenvalue weighted by atomic mass is 10.0. The maximum Gasteiger partial charge on any atom is 0.142 e. The molecule has 0 saturated heterocycles. The molecular formula is C18H12N4O. The van der Waals surface area contributed by atoms with Crippen molar-refractivity contribution in [2.75, 3.05) is 5.73 Å². The monoisotopic (exact) mass is 300 g/mol. The van der Waals surface area contributed by atoms with Gasteiger partial charge in [-0.05, 0) is 37.3 Å². The molecule has 2 N–H and O–H groups in total. The summed E-state index contributed by atoms with van der Waals surface area (Å²) in [5.74, 6) is 1.47. The lowest BCUT2D eigenvalue weighted by Gasteiger charge is -2.08. The zero-order valence-corrected chi connectivity index (χ0v) is 12.4. The van der Waals surface area contributed by atoms with Crippen molar-refractivity contribution in [2.45, 2.75) is 6.92 Å². The molecule has 23 heavy (non-hydrogen) atoms. The second-order valence-electron chi connectivity index (χ2n) is 5.03. The Morgan fingerprint density at radius 1 is 1.04 bits per heavy atom. The van der Waals surface area contributed by atoms with Crippen molar-refractivity contribution in [3.8, 4) is 34.7 Å². The minimum atomic E-state index is 0.151. The predicted molar refractivity (Wildman–Crippen MR) is 86.0 cm³/mol. The number of aromatic nitrogens is 1. The van der Waals surface area contributed by atoms with Crippen molar-refractivity contribution in [3.05, 3.63) is 59.4 Å². The maximum absolute atomic E-state index is 9.35. The minimum Gasteiger partial charge on any atom is -0.461 e. The van der Waals surface area contributed by atoms with E-state index in [9.17, 15) is 5.26 Å². The van der Waals surface area contributed by atoms with Gasteiger partial charge in [0.25, 0.3) is 0 Å². The Morgan fingerprint density at radius 2 is 1.78 bits per heavy atom. The Labute approximate surface area is 133 Å². The third-order valence-corrected chi connectivity index (χ3v) is 3.47. The van der Waals surface area contributed by atoms with Crippen LogP contribution in [0.25, 0.3) is 22.6 Å². The molecule has 0 aliphatic heterocycles. The second-order valence-corrected chi connectivity index (χ2v) is 5.03. The zero-order chi connectivity index (χ0) is 16.4. The minimum absolute atomic E-state index is 0.151. The molecule has 5 heteroatoms. The van der Waals surface area contributed by atoms with E-state index in [4.69, 9.17) is 15.4 Å². The van der Waals surface area contributed by atoms with Crippen LogP contribution in [0.2, 0.25) is 0 Å². The molecule has 0 unspecified atom stereocenters. The van der Waals surface area contributed by atoms with Gasteiger partial charge in [-0.2, -0.15) is 10.5 Å². The number of pyridine rings is 1. The van der Waals surface area contributed by atoms with Crippen molar-refractivity contribution in [3.63, 3.8) is 0 Å². The number of furan rings is 1. The van der Waals surface area contributed by atoms with Crippen molar-refractivity contribution >= 4 is 5.82 Å². The van der Waals surface area contributed by atoms with E-state index in [0.29, 0.717) is 22.6 Å². The summed E-state index contributed by atoms with van der Waals surface area (Å²) >= 11 is 0. The molecule has 110 valence electrons. The fourth-order valence-electron chi connectivity index (χ4n) is 2.32. The maximum atomic E-state index is 9.35. The van der Waals surface area contributed by atoms with E-state index in [1.54, 1.807) is 36.4 Å². The quantitative estimate of drug-likeness (QED) is 0.778. The summed E-state index contributed by atoms with van der Waals surface area (Å²) in [6, 6.07) is 16.6. The predicted octanol–water partition coefficient (Wildman–Crippen LogP) is 3.64. The molecule has 0 amide bonds. The van der Waals surface area contributed by atoms with Gasteiger partial charge >= 0.3 is 0 Å². The summed E-state index contributed by atoms with van der Waals surface area (Å²) in [6.45, 7) is 1.83. The molecule has 1 aromatic carbocycles. The Balaban J connectivity index is 2.18. The van der Waals surface area contributed by atoms with Crippen LogP contribution < -0.4 is 5.73 Å². The van der Waals surface area contributed by atoms with Gasteiger partial charge in [0.1, 0.15) is 29.0 Å². The lowest BCUT2D eigenvalue weighted by molar-refractivity contribution is 0.548. The van der Waals surface area contributed by atoms with Crippen LogP contribution in [-0.2, 0) is 0 Å². The summed E-state index contributed by atoms with van der Waals surface area (Å²) < 4.78 is 5.62. The number of rotatable bonds is 2. The normalized spacial score (nSPS) is 10.0. The number of nitrogens with zero attached hydrogens (tertiary/aromatic N) is 3. The van der Waals surface area contributed by atoms with Gasteiger partial charge in [0.15, 0.2) is 0 Å². The molecule has 0 fully saturated rings. The third kappa shape index (κ3) is 2.64. The number of nitrogen functional groups attached to an aromatic ring is 1. The van der Waals surface area contributed by atoms with Gasteiger partial charge in [0.2, 0.25) is 0 Å². The van der Waals surface area contributed by atoms with Crippen LogP contribution in [0, 0.1) is 29.6 Å². The number of hydrogen-bond donors (Lipinski definition) is 1. The van der Waals surface area contributed by atoms with Gasteiger partial charge in [-0.1, -0.05) is 12.1 Å². The average Bonchev–Trinajstić information content (AvgIpc) is 3.00. The Bertz CT molecular complexity index is 956. The summed E-state index contributed by atoms with van der Waals surface area (Å²) in [4.78, 5) is 4.29. The molecule has 0 atom stereocenters. The highest BCUT2D eigenvalue weighted by Gasteiger charge is 2.15. The molecule has 3 aromatic rings. The van der Waals surface area contributed by atoms with Gasteiger partial charge in [0.05, 0.1) is 17.3 Å². The smallest absolute Gasteiger partial charge is 0.142 e. The van der Waals surface area contributed by atoms with Crippen LogP contribution >= 0.6 is 0 Å². The topological polar surface area (TPSA) is 99.6 Å². The SMILES string of the molecule is Cc1ccc(-c2cc(-c3ccc(C#N)cc3)nc(N)c2C#N)o1. The Hall–Kier alpha value is -3.57. The first-order valence-corrected chi connectivity index (χ1v) is 6.90. The van der Waals surface area contributed by atoms with E-state index in [1.807, 2.05) is 13.0 Å². The number of nitriles is 2. The van der Waals surface area contributed by atoms with Crippen LogP contribution in [0.1, 0.15) is 16.9 Å². The summed E-state index contributed by atoms with van der Waals surface area (Å²) in [6.07, 6.45) is 0. The van der Waals surface area contributed by atoms with Crippen molar-refractivity contribution < 1.29 is 4.42 Å². The average molecular weight is 300 g/mol. The molecular weight excluding hydrogens is 288 g/mol. The van der Waals surface area contributed by atoms with Gasteiger partial charge in [-0.15, -0.1) is 0 Å². The molecule has 2 heterocycles. The zero-order valence-electron chi connectivity index (χ0n) is 12.4. The summed E-state index contributed by atoms with van der Waals surface area (Å²) in [5, 5.41) is 18.2. The fraction of sp³-hybridized carbons (Fsp3) is 0.0556. The molecule has 0 spiro atoms. The highest BCUT2D eigenvalue weighted by atomic mass is 16.3. The number of aryl methyl sites for hydroxylation is 1. The first kappa shape index (κ1) is 14.4. The van der Waals surface area contributed by atoms with E-state index in [1.165, 1.54) is 0 Å². The number of benzene rings is 1. The molecule has 0 bridgehead atoms. The van der Waals surface area contributed by atoms with E-state index < -0.39 is 0 Å². The summed E-state index contributed by atoms with van der Waals surface area (Å²) in [5.41, 5.74) is 8.83. The standard InChI is InChI=1S/C18H12N4O/c1-11-2-7-17(23-11)14-8-16(22-18(21)15(14)10-20)13-5-3-12(9-19)4-6-13/h2-8H,1H3,(H2,21,22). The van der Waals surface area contributed by atoms with E-state index in [2.05, 4.69) is 17.1 Å². The summed E-state index contributed by atoms with van der Waals surface area (Å²) in [7, 11) is 0. The van der Waals surface area contributed by atoms with Crippen LogP contribution in [0.5, 0.6) is 0 Å². The van der Waals surface area contributed by atoms with E-state index >= 15 is 0 Å². The molecule has 5 nitrogen and oxygen atoms in total. The van der Waals surface area contributed by atoms with E-state index in [0.717, 1.165) is 11.3 Å². The first-order valence-electron chi connectivity index (χ1n) is 6.90. The van der Waals surface area contributed by atoms with Gasteiger partial charge < -0.3 is 10.2 Å². The van der Waals surface area contributed by atoms with Crippen LogP contribution in [0.15, 0.2) is 46.9 Å². The van der Waals surface area contributed by atoms with Crippen molar-refractivity contribution in [1.82, 2.24) is 4.98 Å². The van der Waals surface area contributed by atoms with Crippen molar-refractivity contribution in [1.29, 1.82) is 10.5 Å². The van der Waals surface area contributed by atoms with Crippen LogP contribution in [0.3, 0.4) is 0 Å². The Kier molecular flexibility index (Phi) is 3.54. The molecule has 0 aliphatic rings. The van der Waals surface area contributed by atoms with E-state index in [-0.39, 0.29) is 11.4 Å². The highest BCUT2D eigenvalue weighted by molar-refractivity contribution is 5.78. The largest absolute Gasteiger partial charge is 0.461 e. The first-order chi connectivity index (χ1) is 11.1. The fourth-order valence-corrected chi connectivity index (χ4v) is 2.32. The van der Waals surface area contributed by atoms with Crippen molar-refractivity contribution in [2.24, 2.45) is 0 Å². The van der Waals surface area contributed by atoms with Gasteiger partial charge in [0, 0.05) is 11.1 Å². The van der Waals surface area contributed by atoms with Crippen LogP contribution in [0.4, 0.5) is 5.82 Å². The number of anilines is 1. The highest BCUT2D eigenvalue weighted by Crippen LogP contribution is 2.32.